The van der Waals surface area contributed by atoms with E-state index in [2.05, 4.69) is 10.6 Å². The molecule has 0 aliphatic carbocycles. The molecule has 0 saturated heterocycles. The fourth-order valence-electron chi connectivity index (χ4n) is 5.14. The maximum Gasteiger partial charge on any atom is 0.366 e. The Bertz CT molecular complexity index is 1620. The van der Waals surface area contributed by atoms with Crippen molar-refractivity contribution in [2.24, 2.45) is 5.92 Å². The van der Waals surface area contributed by atoms with Gasteiger partial charge in [-0.15, -0.1) is 0 Å². The fraction of sp³-hybridized carbons (Fsp3) is 0.394. The van der Waals surface area contributed by atoms with Crippen molar-refractivity contribution < 1.29 is 51.9 Å². The van der Waals surface area contributed by atoms with Gasteiger partial charge in [0.05, 0.1) is 30.5 Å². The van der Waals surface area contributed by atoms with Crippen molar-refractivity contribution in [3.8, 4) is 17.1 Å². The average molecular weight is 690 g/mol. The standard InChI is InChI=1S/C33H41FN3O10P/c1-5-8-9-12-25(27(6-2)37(20-38)47-33(41)30-21(4)11-10-13-26(30)34)31(39)35-19-36-32(40)29-15-14-28(46-29)22-16-23(45-7-3)18-24(17-22)48(42,43)44/h10-11,13-18,20,25,27H,5-9,12,19H2,1-4H3,(H,35,39)(H,36,40)(H2,42,43,44)/t25-,27-/m1/s1. The Hall–Kier alpha value is -4.52. The molecule has 3 amide bonds. The summed E-state index contributed by atoms with van der Waals surface area (Å²) in [5, 5.41) is 5.62. The fourth-order valence-corrected chi connectivity index (χ4v) is 5.74. The van der Waals surface area contributed by atoms with E-state index in [4.69, 9.17) is 14.0 Å². The van der Waals surface area contributed by atoms with E-state index in [0.717, 1.165) is 24.0 Å². The summed E-state index contributed by atoms with van der Waals surface area (Å²) in [6.07, 6.45) is 3.14. The topological polar surface area (TPSA) is 185 Å². The number of amides is 3. The molecule has 4 N–H and O–H groups in total. The third-order valence-corrected chi connectivity index (χ3v) is 8.48. The van der Waals surface area contributed by atoms with Gasteiger partial charge in [-0.2, -0.15) is 5.06 Å². The number of hydrogen-bond donors (Lipinski definition) is 4. The van der Waals surface area contributed by atoms with Gasteiger partial charge in [-0.3, -0.25) is 18.9 Å². The zero-order chi connectivity index (χ0) is 35.4. The lowest BCUT2D eigenvalue weighted by atomic mass is 9.90. The van der Waals surface area contributed by atoms with Crippen LogP contribution in [0.4, 0.5) is 4.39 Å². The summed E-state index contributed by atoms with van der Waals surface area (Å²) >= 11 is 0. The monoisotopic (exact) mass is 689 g/mol. The summed E-state index contributed by atoms with van der Waals surface area (Å²) in [6, 6.07) is 10.0. The van der Waals surface area contributed by atoms with Crippen LogP contribution in [0.3, 0.4) is 0 Å². The molecule has 0 aliphatic heterocycles. The average Bonchev–Trinajstić information content (AvgIpc) is 3.54. The van der Waals surface area contributed by atoms with Crippen LogP contribution in [-0.2, 0) is 19.0 Å². The number of benzene rings is 2. The van der Waals surface area contributed by atoms with E-state index < -0.39 is 43.2 Å². The van der Waals surface area contributed by atoms with Crippen molar-refractivity contribution >= 4 is 37.1 Å². The van der Waals surface area contributed by atoms with E-state index in [1.165, 1.54) is 49.4 Å². The van der Waals surface area contributed by atoms with Gasteiger partial charge in [0.15, 0.2) is 5.76 Å². The Balaban J connectivity index is 1.71. The summed E-state index contributed by atoms with van der Waals surface area (Å²) in [5.74, 6) is -3.69. The molecule has 0 bridgehead atoms. The van der Waals surface area contributed by atoms with E-state index in [1.54, 1.807) is 13.8 Å². The van der Waals surface area contributed by atoms with E-state index in [1.807, 2.05) is 6.92 Å². The Kier molecular flexibility index (Phi) is 13.9. The van der Waals surface area contributed by atoms with Crippen LogP contribution in [0.15, 0.2) is 52.9 Å². The molecule has 260 valence electrons. The molecule has 3 rings (SSSR count). The van der Waals surface area contributed by atoms with Crippen molar-refractivity contribution in [3.63, 3.8) is 0 Å². The second-order valence-corrected chi connectivity index (χ2v) is 12.5. The van der Waals surface area contributed by atoms with Crippen LogP contribution in [0.1, 0.15) is 79.4 Å². The van der Waals surface area contributed by atoms with Crippen LogP contribution in [0.5, 0.6) is 5.75 Å². The lowest BCUT2D eigenvalue weighted by Crippen LogP contribution is -2.49. The lowest BCUT2D eigenvalue weighted by molar-refractivity contribution is -0.171. The molecule has 2 atom stereocenters. The molecule has 0 aliphatic rings. The SMILES string of the molecule is CCCCC[C@@H](C(=O)NCNC(=O)c1ccc(-c2cc(OCC)cc(P(=O)(O)O)c2)o1)[C@@H](CC)N(C=O)OC(=O)c1c(C)cccc1F. The van der Waals surface area contributed by atoms with Gasteiger partial charge in [-0.25, -0.2) is 9.18 Å². The Morgan fingerprint density at radius 3 is 2.44 bits per heavy atom. The number of ether oxygens (including phenoxy) is 1. The highest BCUT2D eigenvalue weighted by Gasteiger charge is 2.34. The maximum atomic E-state index is 14.4. The van der Waals surface area contributed by atoms with Gasteiger partial charge in [-0.1, -0.05) is 45.2 Å². The van der Waals surface area contributed by atoms with E-state index in [-0.39, 0.29) is 59.8 Å². The smallest absolute Gasteiger partial charge is 0.366 e. The number of nitrogens with zero attached hydrogens (tertiary/aromatic N) is 1. The van der Waals surface area contributed by atoms with Gasteiger partial charge in [0.2, 0.25) is 12.3 Å². The van der Waals surface area contributed by atoms with Gasteiger partial charge in [0.25, 0.3) is 5.91 Å². The molecule has 15 heteroatoms. The number of rotatable bonds is 18. The summed E-state index contributed by atoms with van der Waals surface area (Å²) in [7, 11) is -4.62. The minimum absolute atomic E-state index is 0.132. The quantitative estimate of drug-likeness (QED) is 0.0484. The molecule has 0 unspecified atom stereocenters. The van der Waals surface area contributed by atoms with Crippen LogP contribution in [0, 0.1) is 18.7 Å². The normalized spacial score (nSPS) is 12.5. The number of aryl methyl sites for hydroxylation is 1. The van der Waals surface area contributed by atoms with Crippen molar-refractivity contribution in [2.75, 3.05) is 13.3 Å². The number of nitrogens with one attached hydrogen (secondary N) is 2. The molecule has 3 aromatic rings. The van der Waals surface area contributed by atoms with Gasteiger partial charge in [-0.05, 0) is 68.7 Å². The summed E-state index contributed by atoms with van der Waals surface area (Å²) in [5.41, 5.74) is 0.275. The molecule has 0 fully saturated rings. The first-order chi connectivity index (χ1) is 22.8. The predicted molar refractivity (Wildman–Crippen MR) is 174 cm³/mol. The molecule has 0 spiro atoms. The van der Waals surface area contributed by atoms with Crippen molar-refractivity contribution in [1.82, 2.24) is 15.7 Å². The zero-order valence-corrected chi connectivity index (χ0v) is 28.1. The number of hydrogen-bond acceptors (Lipinski definition) is 8. The number of halogens is 1. The third kappa shape index (κ3) is 9.99. The van der Waals surface area contributed by atoms with Crippen LogP contribution >= 0.6 is 7.60 Å². The van der Waals surface area contributed by atoms with E-state index in [0.29, 0.717) is 18.4 Å². The molecule has 48 heavy (non-hydrogen) atoms. The van der Waals surface area contributed by atoms with Crippen LogP contribution in [0.25, 0.3) is 11.3 Å². The Labute approximate surface area is 277 Å². The zero-order valence-electron chi connectivity index (χ0n) is 27.2. The Morgan fingerprint density at radius 2 is 1.81 bits per heavy atom. The molecule has 0 radical (unpaired) electrons. The molecule has 1 aromatic heterocycles. The highest BCUT2D eigenvalue weighted by Crippen LogP contribution is 2.37. The van der Waals surface area contributed by atoms with Gasteiger partial charge < -0.3 is 34.4 Å². The maximum absolute atomic E-state index is 14.4. The van der Waals surface area contributed by atoms with Gasteiger partial charge >= 0.3 is 13.6 Å². The minimum Gasteiger partial charge on any atom is -0.494 e. The highest BCUT2D eigenvalue weighted by atomic mass is 31.2. The first-order valence-corrected chi connectivity index (χ1v) is 17.2. The number of carbonyl (C=O) groups is 4. The van der Waals surface area contributed by atoms with Crippen molar-refractivity contribution in [2.45, 2.75) is 65.8 Å². The first kappa shape index (κ1) is 37.9. The van der Waals surface area contributed by atoms with Crippen LogP contribution in [0.2, 0.25) is 0 Å². The van der Waals surface area contributed by atoms with Gasteiger partial charge in [0.1, 0.15) is 22.9 Å². The highest BCUT2D eigenvalue weighted by molar-refractivity contribution is 7.60. The number of carbonyl (C=O) groups excluding carboxylic acids is 4. The number of unbranched alkanes of at least 4 members (excludes halogenated alkanes) is 2. The summed E-state index contributed by atoms with van der Waals surface area (Å²) < 4.78 is 37.3. The molecule has 0 saturated carbocycles. The second-order valence-electron chi connectivity index (χ2n) is 10.9. The molecule has 1 heterocycles. The van der Waals surface area contributed by atoms with E-state index in [9.17, 15) is 37.9 Å². The predicted octanol–water partition coefficient (Wildman–Crippen LogP) is 4.60. The number of furan rings is 1. The Morgan fingerprint density at radius 1 is 1.06 bits per heavy atom. The van der Waals surface area contributed by atoms with Crippen molar-refractivity contribution in [1.29, 1.82) is 0 Å². The van der Waals surface area contributed by atoms with Crippen molar-refractivity contribution in [3.05, 3.63) is 71.2 Å². The number of hydroxylamine groups is 2. The molecule has 13 nitrogen and oxygen atoms in total. The third-order valence-electron chi connectivity index (χ3n) is 7.55. The summed E-state index contributed by atoms with van der Waals surface area (Å²) in [6.45, 7) is 6.90. The molecular formula is C33H41FN3O10P. The second kappa shape index (κ2) is 17.6. The largest absolute Gasteiger partial charge is 0.494 e. The van der Waals surface area contributed by atoms with Crippen LogP contribution in [-0.4, -0.2) is 58.4 Å². The molecular weight excluding hydrogens is 648 g/mol. The lowest BCUT2D eigenvalue weighted by Gasteiger charge is -2.32. The molecule has 2 aromatic carbocycles. The minimum atomic E-state index is -4.62. The van der Waals surface area contributed by atoms with E-state index >= 15 is 0 Å². The van der Waals surface area contributed by atoms with Crippen LogP contribution < -0.4 is 20.7 Å². The first-order valence-electron chi connectivity index (χ1n) is 15.6. The van der Waals surface area contributed by atoms with Gasteiger partial charge in [0, 0.05) is 5.56 Å². The summed E-state index contributed by atoms with van der Waals surface area (Å²) in [4.78, 5) is 75.8.